The molecule has 1 fully saturated rings. The second-order valence-corrected chi connectivity index (χ2v) is 5.43. The van der Waals surface area contributed by atoms with E-state index in [2.05, 4.69) is 0 Å². The van der Waals surface area contributed by atoms with Gasteiger partial charge in [-0.1, -0.05) is 0 Å². The fourth-order valence-corrected chi connectivity index (χ4v) is 1.89. The lowest BCUT2D eigenvalue weighted by atomic mass is 10.3. The summed E-state index contributed by atoms with van der Waals surface area (Å²) in [7, 11) is 1.41. The molecule has 1 rings (SSSR count). The normalized spacial score (nSPS) is 22.6. The Morgan fingerprint density at radius 2 is 2.10 bits per heavy atom. The van der Waals surface area contributed by atoms with E-state index >= 15 is 0 Å². The van der Waals surface area contributed by atoms with Crippen LogP contribution in [-0.4, -0.2) is 25.4 Å². The topological polar surface area (TPSA) is 54.4 Å². The van der Waals surface area contributed by atoms with Gasteiger partial charge >= 0.3 is 0 Å². The fraction of sp³-hybridized carbons (Fsp3) is 1.00. The average molecular weight is 185 g/mol. The summed E-state index contributed by atoms with van der Waals surface area (Å²) in [6.07, 6.45) is 1.10. The average Bonchev–Trinajstić information content (AvgIpc) is 2.35. The molecule has 0 aliphatic heterocycles. The van der Waals surface area contributed by atoms with E-state index in [1.54, 1.807) is 0 Å². The largest absolute Gasteiger partial charge is 0.392 e. The molecule has 0 spiro atoms. The Bertz CT molecular complexity index is 207. The van der Waals surface area contributed by atoms with Gasteiger partial charge in [0, 0.05) is 10.7 Å². The van der Waals surface area contributed by atoms with Crippen LogP contribution in [0, 0.1) is 5.92 Å². The minimum absolute atomic E-state index is 0.175. The molecular formula is C5H9ClO3S. The Morgan fingerprint density at radius 3 is 2.40 bits per heavy atom. The molecule has 0 aromatic rings. The minimum Gasteiger partial charge on any atom is -0.392 e. The third-order valence-electron chi connectivity index (χ3n) is 1.54. The van der Waals surface area contributed by atoms with Gasteiger partial charge in [-0.05, 0) is 18.8 Å². The summed E-state index contributed by atoms with van der Waals surface area (Å²) in [5.41, 5.74) is 0. The predicted octanol–water partition coefficient (Wildman–Crippen LogP) is 0.326. The highest BCUT2D eigenvalue weighted by Crippen LogP contribution is 2.33. The zero-order valence-corrected chi connectivity index (χ0v) is 6.90. The summed E-state index contributed by atoms with van der Waals surface area (Å²) in [5, 5.41) is 9.06. The first-order chi connectivity index (χ1) is 4.49. The molecule has 0 aromatic carbocycles. The summed E-state index contributed by atoms with van der Waals surface area (Å²) in [4.78, 5) is 0. The van der Waals surface area contributed by atoms with Gasteiger partial charge in [-0.3, -0.25) is 0 Å². The highest BCUT2D eigenvalue weighted by molar-refractivity contribution is 8.13. The van der Waals surface area contributed by atoms with Crippen LogP contribution in [0.5, 0.6) is 0 Å². The van der Waals surface area contributed by atoms with Crippen LogP contribution >= 0.6 is 10.7 Å². The van der Waals surface area contributed by atoms with Gasteiger partial charge in [0.25, 0.3) is 0 Å². The van der Waals surface area contributed by atoms with Crippen molar-refractivity contribution in [1.82, 2.24) is 0 Å². The monoisotopic (exact) mass is 184 g/mol. The van der Waals surface area contributed by atoms with Crippen molar-refractivity contribution < 1.29 is 13.5 Å². The highest BCUT2D eigenvalue weighted by Gasteiger charge is 2.32. The molecule has 60 valence electrons. The molecule has 5 heteroatoms. The molecular weight excluding hydrogens is 176 g/mol. The highest BCUT2D eigenvalue weighted by atomic mass is 35.7. The number of aliphatic hydroxyl groups excluding tert-OH is 1. The van der Waals surface area contributed by atoms with Gasteiger partial charge in [0.05, 0.1) is 11.9 Å². The molecule has 1 saturated carbocycles. The number of hydrogen-bond acceptors (Lipinski definition) is 3. The molecule has 1 atom stereocenters. The van der Waals surface area contributed by atoms with Crippen LogP contribution in [0.2, 0.25) is 0 Å². The van der Waals surface area contributed by atoms with E-state index in [0.717, 1.165) is 12.8 Å². The van der Waals surface area contributed by atoms with Gasteiger partial charge in [0.15, 0.2) is 0 Å². The van der Waals surface area contributed by atoms with E-state index in [4.69, 9.17) is 15.8 Å². The smallest absolute Gasteiger partial charge is 0.235 e. The molecule has 1 aliphatic carbocycles. The SMILES string of the molecule is O=S(=O)(Cl)CC(O)C1CC1. The second kappa shape index (κ2) is 2.68. The molecule has 0 amide bonds. The molecule has 3 nitrogen and oxygen atoms in total. The van der Waals surface area contributed by atoms with Crippen LogP contribution in [0.3, 0.4) is 0 Å². The minimum atomic E-state index is -3.51. The third-order valence-corrected chi connectivity index (χ3v) is 2.65. The first-order valence-electron chi connectivity index (χ1n) is 3.09. The Balaban J connectivity index is 2.37. The summed E-state index contributed by atoms with van der Waals surface area (Å²) < 4.78 is 20.8. The summed E-state index contributed by atoms with van der Waals surface area (Å²) in [5.74, 6) is -0.132. The number of aliphatic hydroxyl groups is 1. The van der Waals surface area contributed by atoms with Crippen molar-refractivity contribution in [2.75, 3.05) is 5.75 Å². The first-order valence-corrected chi connectivity index (χ1v) is 5.57. The Morgan fingerprint density at radius 1 is 1.60 bits per heavy atom. The van der Waals surface area contributed by atoms with Crippen LogP contribution in [0.25, 0.3) is 0 Å². The Kier molecular flexibility index (Phi) is 2.22. The quantitative estimate of drug-likeness (QED) is 0.643. The van der Waals surface area contributed by atoms with Gasteiger partial charge in [0.2, 0.25) is 9.05 Å². The molecule has 0 bridgehead atoms. The van der Waals surface area contributed by atoms with Crippen LogP contribution in [0.4, 0.5) is 0 Å². The van der Waals surface area contributed by atoms with E-state index in [9.17, 15) is 8.42 Å². The predicted molar refractivity (Wildman–Crippen MR) is 38.4 cm³/mol. The maximum Gasteiger partial charge on any atom is 0.235 e. The van der Waals surface area contributed by atoms with Crippen molar-refractivity contribution in [2.45, 2.75) is 18.9 Å². The van der Waals surface area contributed by atoms with Crippen molar-refractivity contribution in [3.8, 4) is 0 Å². The maximum absolute atomic E-state index is 10.4. The van der Waals surface area contributed by atoms with Gasteiger partial charge in [-0.2, -0.15) is 0 Å². The summed E-state index contributed by atoms with van der Waals surface area (Å²) >= 11 is 0. The molecule has 10 heavy (non-hydrogen) atoms. The van der Waals surface area contributed by atoms with Gasteiger partial charge in [-0.25, -0.2) is 8.42 Å². The van der Waals surface area contributed by atoms with E-state index in [-0.39, 0.29) is 11.7 Å². The zero-order valence-electron chi connectivity index (χ0n) is 5.33. The van der Waals surface area contributed by atoms with Gasteiger partial charge < -0.3 is 5.11 Å². The summed E-state index contributed by atoms with van der Waals surface area (Å²) in [6, 6.07) is 0. The molecule has 0 aromatic heterocycles. The fourth-order valence-electron chi connectivity index (χ4n) is 0.821. The van der Waals surface area contributed by atoms with Gasteiger partial charge in [-0.15, -0.1) is 0 Å². The number of hydrogen-bond donors (Lipinski definition) is 1. The van der Waals surface area contributed by atoms with Crippen LogP contribution in [0.15, 0.2) is 0 Å². The van der Waals surface area contributed by atoms with Crippen molar-refractivity contribution in [3.05, 3.63) is 0 Å². The molecule has 0 radical (unpaired) electrons. The third kappa shape index (κ3) is 2.86. The molecule has 0 saturated heterocycles. The number of rotatable bonds is 3. The van der Waals surface area contributed by atoms with Crippen molar-refractivity contribution in [2.24, 2.45) is 5.92 Å². The second-order valence-electron chi connectivity index (χ2n) is 2.61. The molecule has 0 heterocycles. The van der Waals surface area contributed by atoms with E-state index < -0.39 is 15.2 Å². The van der Waals surface area contributed by atoms with Crippen LogP contribution in [0.1, 0.15) is 12.8 Å². The Labute approximate surface area is 64.4 Å². The van der Waals surface area contributed by atoms with E-state index in [0.29, 0.717) is 0 Å². The number of halogens is 1. The summed E-state index contributed by atoms with van der Waals surface area (Å²) in [6.45, 7) is 0. The van der Waals surface area contributed by atoms with E-state index in [1.165, 1.54) is 0 Å². The molecule has 1 N–H and O–H groups in total. The van der Waals surface area contributed by atoms with Crippen LogP contribution in [-0.2, 0) is 9.05 Å². The lowest BCUT2D eigenvalue weighted by molar-refractivity contribution is 0.174. The Hall–Kier alpha value is 0.200. The maximum atomic E-state index is 10.4. The van der Waals surface area contributed by atoms with Gasteiger partial charge in [0.1, 0.15) is 0 Å². The standard InChI is InChI=1S/C5H9ClO3S/c6-10(8,9)3-5(7)4-1-2-4/h4-5,7H,1-3H2. The van der Waals surface area contributed by atoms with Crippen molar-refractivity contribution in [3.63, 3.8) is 0 Å². The first kappa shape index (κ1) is 8.30. The van der Waals surface area contributed by atoms with Crippen molar-refractivity contribution in [1.29, 1.82) is 0 Å². The van der Waals surface area contributed by atoms with E-state index in [1.807, 2.05) is 0 Å². The van der Waals surface area contributed by atoms with Crippen molar-refractivity contribution >= 4 is 19.7 Å². The lowest BCUT2D eigenvalue weighted by Crippen LogP contribution is -2.19. The van der Waals surface area contributed by atoms with Crippen LogP contribution < -0.4 is 0 Å². The zero-order chi connectivity index (χ0) is 7.78. The lowest BCUT2D eigenvalue weighted by Gasteiger charge is -2.03. The molecule has 1 aliphatic rings. The molecule has 1 unspecified atom stereocenters.